The van der Waals surface area contributed by atoms with Crippen LogP contribution in [0.2, 0.25) is 0 Å². The average Bonchev–Trinajstić information content (AvgIpc) is 2.63. The smallest absolute Gasteiger partial charge is 0.528 e. The maximum absolute atomic E-state index is 12.2. The zero-order chi connectivity index (χ0) is 22.0. The van der Waals surface area contributed by atoms with E-state index >= 15 is 0 Å². The molecule has 8 nitrogen and oxygen atoms in total. The largest absolute Gasteiger partial charge is 0.576 e. The third-order valence-electron chi connectivity index (χ3n) is 4.28. The van der Waals surface area contributed by atoms with Gasteiger partial charge in [-0.15, -0.1) is 0 Å². The van der Waals surface area contributed by atoms with Crippen LogP contribution in [0.5, 0.6) is 11.5 Å². The second kappa shape index (κ2) is 8.74. The Hall–Kier alpha value is -2.08. The van der Waals surface area contributed by atoms with Crippen molar-refractivity contribution in [1.82, 2.24) is 8.61 Å². The first-order valence-corrected chi connectivity index (χ1v) is 11.6. The van der Waals surface area contributed by atoms with E-state index in [0.29, 0.717) is 22.6 Å². The molecule has 0 aromatic heterocycles. The molecular formula is C18H25BN2O6S2. The maximum Gasteiger partial charge on any atom is 0.576 e. The SMILES string of the molecule is Cc1cc(S(=O)(=O)N(C)C)ccc1OBOc1ccc(S(=O)(=O)N(C)C)cc1C. The number of sulfonamides is 2. The van der Waals surface area contributed by atoms with Gasteiger partial charge in [0.15, 0.2) is 0 Å². The quantitative estimate of drug-likeness (QED) is 0.578. The predicted octanol–water partition coefficient (Wildman–Crippen LogP) is 1.53. The van der Waals surface area contributed by atoms with Gasteiger partial charge in [-0.3, -0.25) is 0 Å². The highest BCUT2D eigenvalue weighted by Crippen LogP contribution is 2.25. The molecule has 0 radical (unpaired) electrons. The number of benzene rings is 2. The molecule has 0 N–H and O–H groups in total. The molecule has 0 saturated heterocycles. The minimum atomic E-state index is -3.51. The molecule has 2 rings (SSSR count). The predicted molar refractivity (Wildman–Crippen MR) is 113 cm³/mol. The third-order valence-corrected chi connectivity index (χ3v) is 7.90. The van der Waals surface area contributed by atoms with Crippen molar-refractivity contribution < 1.29 is 26.1 Å². The molecule has 29 heavy (non-hydrogen) atoms. The van der Waals surface area contributed by atoms with Gasteiger partial charge >= 0.3 is 7.69 Å². The molecule has 0 aliphatic heterocycles. The Morgan fingerprint density at radius 2 is 1.03 bits per heavy atom. The lowest BCUT2D eigenvalue weighted by atomic mass is 10.2. The Labute approximate surface area is 173 Å². The van der Waals surface area contributed by atoms with E-state index in [0.717, 1.165) is 8.61 Å². The number of hydrogen-bond acceptors (Lipinski definition) is 6. The molecule has 2 aromatic rings. The summed E-state index contributed by atoms with van der Waals surface area (Å²) in [7, 11) is -1.25. The second-order valence-corrected chi connectivity index (χ2v) is 11.1. The van der Waals surface area contributed by atoms with Crippen molar-refractivity contribution in [2.75, 3.05) is 28.2 Å². The first kappa shape index (κ1) is 23.2. The molecule has 2 aromatic carbocycles. The first-order chi connectivity index (χ1) is 13.4. The summed E-state index contributed by atoms with van der Waals surface area (Å²) in [4.78, 5) is 0.364. The number of hydrogen-bond donors (Lipinski definition) is 0. The zero-order valence-electron chi connectivity index (χ0n) is 17.3. The van der Waals surface area contributed by atoms with Crippen molar-refractivity contribution in [3.05, 3.63) is 47.5 Å². The van der Waals surface area contributed by atoms with Crippen molar-refractivity contribution in [3.8, 4) is 11.5 Å². The Kier molecular flexibility index (Phi) is 6.99. The summed E-state index contributed by atoms with van der Waals surface area (Å²) in [6.07, 6.45) is 0. The summed E-state index contributed by atoms with van der Waals surface area (Å²) < 4.78 is 62.2. The molecule has 11 heteroatoms. The van der Waals surface area contributed by atoms with Crippen LogP contribution in [0, 0.1) is 13.8 Å². The van der Waals surface area contributed by atoms with Crippen LogP contribution in [0.15, 0.2) is 46.2 Å². The molecule has 0 amide bonds. The standard InChI is InChI=1S/C18H25BN2O6S2/c1-13-11-15(28(22,23)20(3)4)7-9-17(13)26-19-27-18-10-8-16(12-14(18)2)29(24,25)21(5)6/h7-12,19H,1-6H3. The van der Waals surface area contributed by atoms with E-state index < -0.39 is 20.0 Å². The molecule has 0 atom stereocenters. The minimum absolute atomic E-state index is 0.110. The fourth-order valence-corrected chi connectivity index (χ4v) is 4.44. The molecule has 0 spiro atoms. The average molecular weight is 440 g/mol. The Morgan fingerprint density at radius 1 is 0.690 bits per heavy atom. The molecule has 0 aliphatic rings. The summed E-state index contributed by atoms with van der Waals surface area (Å²) >= 11 is 0. The van der Waals surface area contributed by atoms with E-state index in [4.69, 9.17) is 9.31 Å². The normalized spacial score (nSPS) is 12.3. The topological polar surface area (TPSA) is 93.2 Å². The van der Waals surface area contributed by atoms with E-state index in [1.807, 2.05) is 0 Å². The Balaban J connectivity index is 2.09. The fraction of sp³-hybridized carbons (Fsp3) is 0.333. The van der Waals surface area contributed by atoms with Gasteiger partial charge in [-0.05, 0) is 61.4 Å². The van der Waals surface area contributed by atoms with Crippen LogP contribution in [0.25, 0.3) is 0 Å². The summed E-state index contributed by atoms with van der Waals surface area (Å²) in [6, 6.07) is 9.19. The van der Waals surface area contributed by atoms with Gasteiger partial charge in [-0.2, -0.15) is 0 Å². The lowest BCUT2D eigenvalue weighted by molar-refractivity contribution is 0.454. The molecule has 0 fully saturated rings. The van der Waals surface area contributed by atoms with Gasteiger partial charge in [0.1, 0.15) is 11.5 Å². The number of nitrogens with zero attached hydrogens (tertiary/aromatic N) is 2. The Morgan fingerprint density at radius 3 is 1.31 bits per heavy atom. The highest BCUT2D eigenvalue weighted by atomic mass is 32.2. The number of rotatable bonds is 8. The third kappa shape index (κ3) is 5.10. The molecule has 0 aliphatic carbocycles. The van der Waals surface area contributed by atoms with E-state index in [1.54, 1.807) is 26.0 Å². The van der Waals surface area contributed by atoms with E-state index in [2.05, 4.69) is 0 Å². The van der Waals surface area contributed by atoms with Crippen LogP contribution in [0.3, 0.4) is 0 Å². The van der Waals surface area contributed by atoms with Gasteiger partial charge in [0.2, 0.25) is 20.0 Å². The highest BCUT2D eigenvalue weighted by molar-refractivity contribution is 7.89. The van der Waals surface area contributed by atoms with Crippen LogP contribution >= 0.6 is 0 Å². The monoisotopic (exact) mass is 440 g/mol. The molecular weight excluding hydrogens is 415 g/mol. The van der Waals surface area contributed by atoms with Gasteiger partial charge < -0.3 is 9.31 Å². The van der Waals surface area contributed by atoms with Gasteiger partial charge in [0.05, 0.1) is 9.79 Å². The van der Waals surface area contributed by atoms with Crippen molar-refractivity contribution >= 4 is 27.7 Å². The molecule has 0 bridgehead atoms. The van der Waals surface area contributed by atoms with Crippen molar-refractivity contribution in [3.63, 3.8) is 0 Å². The van der Waals surface area contributed by atoms with Crippen molar-refractivity contribution in [2.24, 2.45) is 0 Å². The lowest BCUT2D eigenvalue weighted by Crippen LogP contribution is -2.22. The second-order valence-electron chi connectivity index (χ2n) is 6.84. The molecule has 0 heterocycles. The molecule has 0 unspecified atom stereocenters. The van der Waals surface area contributed by atoms with Crippen molar-refractivity contribution in [2.45, 2.75) is 23.6 Å². The number of aryl methyl sites for hydroxylation is 2. The van der Waals surface area contributed by atoms with Gasteiger partial charge in [-0.1, -0.05) is 0 Å². The van der Waals surface area contributed by atoms with E-state index in [-0.39, 0.29) is 17.5 Å². The van der Waals surface area contributed by atoms with E-state index in [1.165, 1.54) is 52.5 Å². The summed E-state index contributed by atoms with van der Waals surface area (Å²) in [5.74, 6) is 0.985. The lowest BCUT2D eigenvalue weighted by Gasteiger charge is -2.15. The maximum atomic E-state index is 12.2. The highest BCUT2D eigenvalue weighted by Gasteiger charge is 2.19. The summed E-state index contributed by atoms with van der Waals surface area (Å²) in [5, 5.41) is 0. The van der Waals surface area contributed by atoms with E-state index in [9.17, 15) is 16.8 Å². The molecule has 0 saturated carbocycles. The van der Waals surface area contributed by atoms with Crippen molar-refractivity contribution in [1.29, 1.82) is 0 Å². The summed E-state index contributed by atoms with van der Waals surface area (Å²) in [6.45, 7) is 3.49. The summed E-state index contributed by atoms with van der Waals surface area (Å²) in [5.41, 5.74) is 1.31. The van der Waals surface area contributed by atoms with Crippen LogP contribution in [0.4, 0.5) is 0 Å². The van der Waals surface area contributed by atoms with Gasteiger partial charge in [0, 0.05) is 28.2 Å². The van der Waals surface area contributed by atoms with Gasteiger partial charge in [0.25, 0.3) is 0 Å². The minimum Gasteiger partial charge on any atom is -0.528 e. The van der Waals surface area contributed by atoms with Crippen LogP contribution < -0.4 is 9.31 Å². The Bertz CT molecular complexity index is 1010. The fourth-order valence-electron chi connectivity index (χ4n) is 2.47. The van der Waals surface area contributed by atoms with Crippen LogP contribution in [-0.2, 0) is 20.0 Å². The van der Waals surface area contributed by atoms with Gasteiger partial charge in [-0.25, -0.2) is 25.4 Å². The van der Waals surface area contributed by atoms with Crippen LogP contribution in [0.1, 0.15) is 11.1 Å². The zero-order valence-corrected chi connectivity index (χ0v) is 19.0. The first-order valence-electron chi connectivity index (χ1n) is 8.69. The van der Waals surface area contributed by atoms with Crippen LogP contribution in [-0.4, -0.2) is 61.3 Å². The molecule has 158 valence electrons.